The minimum Gasteiger partial charge on any atom is -0.441 e. The van der Waals surface area contributed by atoms with Crippen LogP contribution in [0, 0.1) is 5.92 Å². The first-order valence-electron chi connectivity index (χ1n) is 6.57. The van der Waals surface area contributed by atoms with Gasteiger partial charge in [-0.3, -0.25) is 0 Å². The molecular weight excluding hydrogens is 292 g/mol. The number of hydrogen-bond acceptors (Lipinski definition) is 3. The minimum atomic E-state index is 0.827. The number of benzene rings is 1. The second-order valence-electron chi connectivity index (χ2n) is 4.95. The van der Waals surface area contributed by atoms with Crippen LogP contribution in [0.2, 0.25) is 0 Å². The molecule has 0 amide bonds. The molecule has 1 fully saturated rings. The van der Waals surface area contributed by atoms with Gasteiger partial charge in [-0.15, -0.1) is 0 Å². The Labute approximate surface area is 115 Å². The number of aromatic nitrogens is 1. The highest BCUT2D eigenvalue weighted by Gasteiger charge is 2.14. The largest absolute Gasteiger partial charge is 0.441 e. The summed E-state index contributed by atoms with van der Waals surface area (Å²) in [5.41, 5.74) is 1.84. The van der Waals surface area contributed by atoms with Crippen LogP contribution in [0.3, 0.4) is 0 Å². The normalized spacial score (nSPS) is 17.4. The van der Waals surface area contributed by atoms with Gasteiger partial charge in [0.15, 0.2) is 11.5 Å². The van der Waals surface area contributed by atoms with Crippen molar-refractivity contribution in [1.29, 1.82) is 0 Å². The lowest BCUT2D eigenvalue weighted by atomic mass is 9.93. The zero-order valence-corrected chi connectivity index (χ0v) is 11.9. The lowest BCUT2D eigenvalue weighted by Gasteiger charge is -2.21. The number of fused-ring (bicyclic) bond motifs is 1. The first kappa shape index (κ1) is 12.2. The summed E-state index contributed by atoms with van der Waals surface area (Å²) in [7, 11) is 0. The maximum atomic E-state index is 5.77. The van der Waals surface area contributed by atoms with Crippen LogP contribution in [-0.2, 0) is 6.42 Å². The molecule has 1 saturated heterocycles. The Bertz CT molecular complexity index is 532. The Morgan fingerprint density at radius 2 is 2.17 bits per heavy atom. The van der Waals surface area contributed by atoms with E-state index in [1.807, 2.05) is 18.2 Å². The topological polar surface area (TPSA) is 38.1 Å². The molecule has 2 heterocycles. The highest BCUT2D eigenvalue weighted by molar-refractivity contribution is 9.10. The molecule has 0 bridgehead atoms. The van der Waals surface area contributed by atoms with Crippen LogP contribution in [0.15, 0.2) is 27.1 Å². The van der Waals surface area contributed by atoms with E-state index in [1.165, 1.54) is 19.3 Å². The van der Waals surface area contributed by atoms with E-state index in [-0.39, 0.29) is 0 Å². The summed E-state index contributed by atoms with van der Waals surface area (Å²) < 4.78 is 6.82. The van der Waals surface area contributed by atoms with E-state index in [9.17, 15) is 0 Å². The van der Waals surface area contributed by atoms with Crippen LogP contribution in [0.1, 0.15) is 25.2 Å². The second-order valence-corrected chi connectivity index (χ2v) is 5.87. The van der Waals surface area contributed by atoms with Crippen molar-refractivity contribution in [3.8, 4) is 0 Å². The highest BCUT2D eigenvalue weighted by Crippen LogP contribution is 2.23. The Morgan fingerprint density at radius 3 is 3.00 bits per heavy atom. The van der Waals surface area contributed by atoms with Crippen molar-refractivity contribution in [3.05, 3.63) is 28.6 Å². The molecule has 4 heteroatoms. The third-order valence-electron chi connectivity index (χ3n) is 3.62. The molecule has 0 aliphatic carbocycles. The number of piperidine rings is 1. The summed E-state index contributed by atoms with van der Waals surface area (Å²) in [4.78, 5) is 4.55. The number of nitrogens with one attached hydrogen (secondary N) is 1. The quantitative estimate of drug-likeness (QED) is 0.942. The van der Waals surface area contributed by atoms with Gasteiger partial charge in [0.05, 0.1) is 0 Å². The molecule has 1 aliphatic heterocycles. The standard InChI is InChI=1S/C14H17BrN2O/c15-11-2-3-13-12(9-11)17-14(18-13)4-1-10-5-7-16-8-6-10/h2-3,9-10,16H,1,4-8H2. The van der Waals surface area contributed by atoms with Gasteiger partial charge in [0.25, 0.3) is 0 Å². The zero-order chi connectivity index (χ0) is 12.4. The highest BCUT2D eigenvalue weighted by atomic mass is 79.9. The monoisotopic (exact) mass is 308 g/mol. The molecule has 3 nitrogen and oxygen atoms in total. The predicted octanol–water partition coefficient (Wildman–Crippen LogP) is 3.52. The average molecular weight is 309 g/mol. The molecule has 18 heavy (non-hydrogen) atoms. The fraction of sp³-hybridized carbons (Fsp3) is 0.500. The number of halogens is 1. The number of aryl methyl sites for hydroxylation is 1. The van der Waals surface area contributed by atoms with Gasteiger partial charge in [0.1, 0.15) is 5.52 Å². The molecule has 0 atom stereocenters. The van der Waals surface area contributed by atoms with E-state index in [4.69, 9.17) is 4.42 Å². The van der Waals surface area contributed by atoms with Crippen molar-refractivity contribution in [2.75, 3.05) is 13.1 Å². The fourth-order valence-electron chi connectivity index (χ4n) is 2.55. The van der Waals surface area contributed by atoms with Gasteiger partial charge in [-0.05, 0) is 56.5 Å². The van der Waals surface area contributed by atoms with E-state index in [0.717, 1.165) is 46.9 Å². The molecular formula is C14H17BrN2O. The van der Waals surface area contributed by atoms with Crippen molar-refractivity contribution < 1.29 is 4.42 Å². The molecule has 96 valence electrons. The SMILES string of the molecule is Brc1ccc2oc(CCC3CCNCC3)nc2c1. The zero-order valence-electron chi connectivity index (χ0n) is 10.3. The summed E-state index contributed by atoms with van der Waals surface area (Å²) in [5, 5.41) is 3.40. The van der Waals surface area contributed by atoms with Crippen molar-refractivity contribution in [2.24, 2.45) is 5.92 Å². The summed E-state index contributed by atoms with van der Waals surface area (Å²) in [6, 6.07) is 5.97. The summed E-state index contributed by atoms with van der Waals surface area (Å²) in [6.45, 7) is 2.32. The Morgan fingerprint density at radius 1 is 1.33 bits per heavy atom. The Kier molecular flexibility index (Phi) is 3.66. The van der Waals surface area contributed by atoms with Crippen molar-refractivity contribution in [2.45, 2.75) is 25.7 Å². The van der Waals surface area contributed by atoms with Gasteiger partial charge in [0, 0.05) is 10.9 Å². The molecule has 0 saturated carbocycles. The second kappa shape index (κ2) is 5.41. The summed E-state index contributed by atoms with van der Waals surface area (Å²) in [6.07, 6.45) is 4.71. The third-order valence-corrected chi connectivity index (χ3v) is 4.11. The Hall–Kier alpha value is -0.870. The van der Waals surface area contributed by atoms with Crippen LogP contribution in [-0.4, -0.2) is 18.1 Å². The smallest absolute Gasteiger partial charge is 0.195 e. The predicted molar refractivity (Wildman–Crippen MR) is 75.6 cm³/mol. The number of hydrogen-bond donors (Lipinski definition) is 1. The van der Waals surface area contributed by atoms with Crippen molar-refractivity contribution in [3.63, 3.8) is 0 Å². The summed E-state index contributed by atoms with van der Waals surface area (Å²) >= 11 is 3.45. The van der Waals surface area contributed by atoms with Crippen LogP contribution in [0.25, 0.3) is 11.1 Å². The van der Waals surface area contributed by atoms with E-state index < -0.39 is 0 Å². The molecule has 1 aromatic carbocycles. The van der Waals surface area contributed by atoms with Crippen LogP contribution in [0.5, 0.6) is 0 Å². The van der Waals surface area contributed by atoms with Gasteiger partial charge < -0.3 is 9.73 Å². The van der Waals surface area contributed by atoms with Crippen LogP contribution >= 0.6 is 15.9 Å². The van der Waals surface area contributed by atoms with Crippen LogP contribution < -0.4 is 5.32 Å². The Balaban J connectivity index is 1.67. The van der Waals surface area contributed by atoms with Crippen molar-refractivity contribution in [1.82, 2.24) is 10.3 Å². The molecule has 0 unspecified atom stereocenters. The van der Waals surface area contributed by atoms with Gasteiger partial charge in [-0.2, -0.15) is 0 Å². The molecule has 2 aromatic rings. The molecule has 1 aliphatic rings. The van der Waals surface area contributed by atoms with E-state index in [0.29, 0.717) is 0 Å². The molecule has 3 rings (SSSR count). The molecule has 0 radical (unpaired) electrons. The minimum absolute atomic E-state index is 0.827. The molecule has 1 aromatic heterocycles. The first-order chi connectivity index (χ1) is 8.81. The van der Waals surface area contributed by atoms with Gasteiger partial charge >= 0.3 is 0 Å². The maximum absolute atomic E-state index is 5.77. The van der Waals surface area contributed by atoms with Crippen LogP contribution in [0.4, 0.5) is 0 Å². The molecule has 1 N–H and O–H groups in total. The van der Waals surface area contributed by atoms with Gasteiger partial charge in [-0.25, -0.2) is 4.98 Å². The number of nitrogens with zero attached hydrogens (tertiary/aromatic N) is 1. The maximum Gasteiger partial charge on any atom is 0.195 e. The van der Waals surface area contributed by atoms with Gasteiger partial charge in [0.2, 0.25) is 0 Å². The van der Waals surface area contributed by atoms with E-state index in [2.05, 4.69) is 26.2 Å². The third kappa shape index (κ3) is 2.75. The summed E-state index contributed by atoms with van der Waals surface area (Å²) in [5.74, 6) is 1.70. The van der Waals surface area contributed by atoms with E-state index >= 15 is 0 Å². The van der Waals surface area contributed by atoms with E-state index in [1.54, 1.807) is 0 Å². The first-order valence-corrected chi connectivity index (χ1v) is 7.36. The molecule has 0 spiro atoms. The van der Waals surface area contributed by atoms with Crippen molar-refractivity contribution >= 4 is 27.0 Å². The lowest BCUT2D eigenvalue weighted by molar-refractivity contribution is 0.343. The fourth-order valence-corrected chi connectivity index (χ4v) is 2.90. The number of rotatable bonds is 3. The average Bonchev–Trinajstić information content (AvgIpc) is 2.79. The number of oxazole rings is 1. The van der Waals surface area contributed by atoms with Gasteiger partial charge in [-0.1, -0.05) is 15.9 Å². The lowest BCUT2D eigenvalue weighted by Crippen LogP contribution is -2.27.